The predicted octanol–water partition coefficient (Wildman–Crippen LogP) is -0.380. The van der Waals surface area contributed by atoms with Crippen molar-refractivity contribution in [3.8, 4) is 0 Å². The summed E-state index contributed by atoms with van der Waals surface area (Å²) in [6.45, 7) is 3.10. The zero-order valence-corrected chi connectivity index (χ0v) is 6.71. The van der Waals surface area contributed by atoms with Gasteiger partial charge in [0.1, 0.15) is 11.7 Å². The van der Waals surface area contributed by atoms with Crippen molar-refractivity contribution in [1.82, 2.24) is 0 Å². The van der Waals surface area contributed by atoms with Gasteiger partial charge in [0, 0.05) is 11.6 Å². The van der Waals surface area contributed by atoms with Crippen LogP contribution in [0.1, 0.15) is 21.9 Å². The molecule has 4 nitrogen and oxygen atoms in total. The Balaban J connectivity index is 3.41. The maximum absolute atomic E-state index is 11.0. The lowest BCUT2D eigenvalue weighted by Crippen LogP contribution is -2.24. The summed E-state index contributed by atoms with van der Waals surface area (Å²) in [6, 6.07) is 0.914. The van der Waals surface area contributed by atoms with Gasteiger partial charge in [0.2, 0.25) is 0 Å². The molecule has 0 aromatic carbocycles. The van der Waals surface area contributed by atoms with Crippen LogP contribution in [0.15, 0.2) is 15.3 Å². The molecule has 0 saturated carbocycles. The molecule has 4 heteroatoms. The van der Waals surface area contributed by atoms with Gasteiger partial charge in [-0.1, -0.05) is 0 Å². The second-order valence-electron chi connectivity index (χ2n) is 2.44. The van der Waals surface area contributed by atoms with Gasteiger partial charge in [-0.2, -0.15) is 0 Å². The van der Waals surface area contributed by atoms with Gasteiger partial charge in [0.15, 0.2) is 11.2 Å². The topological polar surface area (TPSA) is 70.3 Å². The Morgan fingerprint density at radius 2 is 2.08 bits per heavy atom. The average molecular weight is 167 g/mol. The van der Waals surface area contributed by atoms with Crippen molar-refractivity contribution >= 4 is 5.97 Å². The highest BCUT2D eigenvalue weighted by molar-refractivity contribution is 5.82. The molecule has 0 unspecified atom stereocenters. The zero-order valence-electron chi connectivity index (χ0n) is 6.71. The second kappa shape index (κ2) is 2.81. The van der Waals surface area contributed by atoms with Crippen LogP contribution in [0.4, 0.5) is 0 Å². The van der Waals surface area contributed by atoms with Crippen molar-refractivity contribution in [3.05, 3.63) is 33.4 Å². The molecular formula is C8H7O4-. The van der Waals surface area contributed by atoms with E-state index in [-0.39, 0.29) is 5.43 Å². The normalized spacial score (nSPS) is 9.83. The molecule has 0 fully saturated rings. The van der Waals surface area contributed by atoms with Crippen LogP contribution < -0.4 is 10.5 Å². The molecule has 0 aliphatic carbocycles. The summed E-state index contributed by atoms with van der Waals surface area (Å²) < 4.78 is 4.79. The van der Waals surface area contributed by atoms with Crippen LogP contribution in [0.25, 0.3) is 0 Å². The smallest absolute Gasteiger partial charge is 0.188 e. The first-order valence-electron chi connectivity index (χ1n) is 3.35. The third kappa shape index (κ3) is 1.37. The summed E-state index contributed by atoms with van der Waals surface area (Å²) >= 11 is 0. The molecule has 0 spiro atoms. The fourth-order valence-electron chi connectivity index (χ4n) is 0.772. The van der Waals surface area contributed by atoms with Gasteiger partial charge >= 0.3 is 0 Å². The van der Waals surface area contributed by atoms with Crippen molar-refractivity contribution in [2.45, 2.75) is 13.8 Å². The minimum absolute atomic E-state index is 0.307. The monoisotopic (exact) mass is 167 g/mol. The lowest BCUT2D eigenvalue weighted by atomic mass is 10.2. The van der Waals surface area contributed by atoms with E-state index in [1.807, 2.05) is 0 Å². The van der Waals surface area contributed by atoms with Crippen LogP contribution >= 0.6 is 0 Å². The first kappa shape index (κ1) is 8.52. The summed E-state index contributed by atoms with van der Waals surface area (Å²) in [5.41, 5.74) is 0.0675. The standard InChI is InChI=1S/C8H8O4/c1-4-5(2)12-7(8(10)11)3-6(4)9/h3H,1-2H3,(H,10,11)/p-1. The van der Waals surface area contributed by atoms with E-state index in [0.29, 0.717) is 11.3 Å². The van der Waals surface area contributed by atoms with Crippen LogP contribution in [0.3, 0.4) is 0 Å². The zero-order chi connectivity index (χ0) is 9.30. The van der Waals surface area contributed by atoms with Crippen LogP contribution in [-0.4, -0.2) is 5.97 Å². The molecule has 1 aromatic heterocycles. The van der Waals surface area contributed by atoms with E-state index in [1.165, 1.54) is 6.92 Å². The molecule has 1 rings (SSSR count). The van der Waals surface area contributed by atoms with Crippen LogP contribution in [-0.2, 0) is 0 Å². The highest BCUT2D eigenvalue weighted by atomic mass is 16.4. The molecule has 0 bridgehead atoms. The quantitative estimate of drug-likeness (QED) is 0.571. The minimum atomic E-state index is -1.48. The van der Waals surface area contributed by atoms with E-state index < -0.39 is 11.7 Å². The van der Waals surface area contributed by atoms with Gasteiger partial charge in [0.05, 0.1) is 0 Å². The SMILES string of the molecule is Cc1oc(C(=O)[O-])cc(=O)c1C. The largest absolute Gasteiger partial charge is 0.542 e. The number of carboxylic acid groups (broad SMARTS) is 1. The Labute approximate surface area is 68.4 Å². The van der Waals surface area contributed by atoms with Gasteiger partial charge in [-0.25, -0.2) is 0 Å². The lowest BCUT2D eigenvalue weighted by Gasteiger charge is -2.03. The molecule has 1 heterocycles. The summed E-state index contributed by atoms with van der Waals surface area (Å²) in [7, 11) is 0. The molecular weight excluding hydrogens is 160 g/mol. The van der Waals surface area contributed by atoms with E-state index in [9.17, 15) is 14.7 Å². The summed E-state index contributed by atoms with van der Waals surface area (Å²) in [6.07, 6.45) is 0. The van der Waals surface area contributed by atoms with Crippen molar-refractivity contribution in [2.75, 3.05) is 0 Å². The molecule has 0 aliphatic rings. The van der Waals surface area contributed by atoms with Gasteiger partial charge in [-0.15, -0.1) is 0 Å². The maximum Gasteiger partial charge on any atom is 0.188 e. The van der Waals surface area contributed by atoms with Crippen LogP contribution in [0.5, 0.6) is 0 Å². The molecule has 0 N–H and O–H groups in total. The molecule has 0 atom stereocenters. The average Bonchev–Trinajstić information content (AvgIpc) is 1.99. The molecule has 0 aliphatic heterocycles. The molecule has 0 amide bonds. The van der Waals surface area contributed by atoms with Gasteiger partial charge in [-0.05, 0) is 13.8 Å². The fourth-order valence-corrected chi connectivity index (χ4v) is 0.772. The van der Waals surface area contributed by atoms with Crippen molar-refractivity contribution in [1.29, 1.82) is 0 Å². The number of hydrogen-bond acceptors (Lipinski definition) is 4. The van der Waals surface area contributed by atoms with Gasteiger partial charge in [-0.3, -0.25) is 4.79 Å². The van der Waals surface area contributed by atoms with Crippen molar-refractivity contribution < 1.29 is 14.3 Å². The summed E-state index contributed by atoms with van der Waals surface area (Å²) in [5, 5.41) is 10.3. The second-order valence-corrected chi connectivity index (χ2v) is 2.44. The Morgan fingerprint density at radius 1 is 1.50 bits per heavy atom. The molecule has 1 aromatic rings. The molecule has 64 valence electrons. The minimum Gasteiger partial charge on any atom is -0.542 e. The van der Waals surface area contributed by atoms with Crippen LogP contribution in [0.2, 0.25) is 0 Å². The Hall–Kier alpha value is -1.58. The van der Waals surface area contributed by atoms with Crippen molar-refractivity contribution in [2.24, 2.45) is 0 Å². The predicted molar refractivity (Wildman–Crippen MR) is 38.8 cm³/mol. The number of carbonyl (C=O) groups is 1. The number of carbonyl (C=O) groups excluding carboxylic acids is 1. The van der Waals surface area contributed by atoms with Gasteiger partial charge in [0.25, 0.3) is 0 Å². The maximum atomic E-state index is 11.0. The summed E-state index contributed by atoms with van der Waals surface area (Å²) in [4.78, 5) is 21.3. The van der Waals surface area contributed by atoms with E-state index in [4.69, 9.17) is 4.42 Å². The van der Waals surface area contributed by atoms with Gasteiger partial charge < -0.3 is 14.3 Å². The first-order chi connectivity index (χ1) is 5.52. The fraction of sp³-hybridized carbons (Fsp3) is 0.250. The summed E-state index contributed by atoms with van der Waals surface area (Å²) in [5.74, 6) is -1.60. The number of aryl methyl sites for hydroxylation is 1. The van der Waals surface area contributed by atoms with E-state index in [0.717, 1.165) is 6.07 Å². The third-order valence-electron chi connectivity index (χ3n) is 1.62. The van der Waals surface area contributed by atoms with E-state index in [1.54, 1.807) is 6.92 Å². The van der Waals surface area contributed by atoms with E-state index >= 15 is 0 Å². The number of rotatable bonds is 1. The lowest BCUT2D eigenvalue weighted by molar-refractivity contribution is -0.257. The third-order valence-corrected chi connectivity index (χ3v) is 1.62. The molecule has 12 heavy (non-hydrogen) atoms. The first-order valence-corrected chi connectivity index (χ1v) is 3.35. The van der Waals surface area contributed by atoms with Crippen molar-refractivity contribution in [3.63, 3.8) is 0 Å². The number of hydrogen-bond donors (Lipinski definition) is 0. The Kier molecular flexibility index (Phi) is 1.99. The number of aromatic carboxylic acids is 1. The van der Waals surface area contributed by atoms with E-state index in [2.05, 4.69) is 0 Å². The van der Waals surface area contributed by atoms with Crippen LogP contribution in [0, 0.1) is 13.8 Å². The highest BCUT2D eigenvalue weighted by Gasteiger charge is 2.04. The number of carboxylic acids is 1. The molecule has 0 saturated heterocycles. The molecule has 0 radical (unpaired) electrons. The highest BCUT2D eigenvalue weighted by Crippen LogP contribution is 2.03. The Morgan fingerprint density at radius 3 is 2.50 bits per heavy atom. The Bertz CT molecular complexity index is 375.